The molecule has 34 heavy (non-hydrogen) atoms. The van der Waals surface area contributed by atoms with E-state index >= 15 is 0 Å². The van der Waals surface area contributed by atoms with Crippen LogP contribution in [-0.4, -0.2) is 40.6 Å². The molecule has 1 amide bonds. The highest BCUT2D eigenvalue weighted by molar-refractivity contribution is 7.89. The van der Waals surface area contributed by atoms with Crippen LogP contribution in [0.15, 0.2) is 77.8 Å². The number of pyridine rings is 1. The van der Waals surface area contributed by atoms with Crippen molar-refractivity contribution < 1.29 is 17.6 Å². The smallest absolute Gasteiger partial charge is 0.244 e. The first-order chi connectivity index (χ1) is 16.3. The number of fused-ring (bicyclic) bond motifs is 1. The van der Waals surface area contributed by atoms with Gasteiger partial charge in [-0.1, -0.05) is 36.4 Å². The van der Waals surface area contributed by atoms with Gasteiger partial charge in [-0.25, -0.2) is 17.8 Å². The predicted molar refractivity (Wildman–Crippen MR) is 127 cm³/mol. The maximum atomic E-state index is 13.4. The highest BCUT2D eigenvalue weighted by atomic mass is 32.2. The van der Waals surface area contributed by atoms with Crippen LogP contribution >= 0.6 is 0 Å². The molecule has 9 heteroatoms. The molecule has 0 radical (unpaired) electrons. The Morgan fingerprint density at radius 1 is 1.06 bits per heavy atom. The molecule has 0 bridgehead atoms. The molecule has 2 aromatic heterocycles. The molecular weight excluding hydrogens is 455 g/mol. The van der Waals surface area contributed by atoms with Crippen LogP contribution in [0.1, 0.15) is 18.4 Å². The third-order valence-corrected chi connectivity index (χ3v) is 7.90. The predicted octanol–water partition coefficient (Wildman–Crippen LogP) is 4.24. The van der Waals surface area contributed by atoms with Crippen molar-refractivity contribution in [3.8, 4) is 11.3 Å². The molecule has 7 nitrogen and oxygen atoms in total. The number of aromatic nitrogens is 2. The summed E-state index contributed by atoms with van der Waals surface area (Å²) in [7, 11) is -3.96. The van der Waals surface area contributed by atoms with Crippen LogP contribution in [0.5, 0.6) is 0 Å². The molecule has 1 aliphatic heterocycles. The van der Waals surface area contributed by atoms with Gasteiger partial charge in [0.15, 0.2) is 0 Å². The summed E-state index contributed by atoms with van der Waals surface area (Å²) >= 11 is 0. The summed E-state index contributed by atoms with van der Waals surface area (Å²) < 4.78 is 42.8. The fraction of sp³-hybridized carbons (Fsp3) is 0.200. The minimum atomic E-state index is -3.96. The number of hydrogen-bond donors (Lipinski definition) is 1. The number of sulfonamides is 1. The molecule has 4 aromatic rings. The molecule has 174 valence electrons. The molecule has 1 atom stereocenters. The molecule has 0 saturated carbocycles. The van der Waals surface area contributed by atoms with E-state index in [2.05, 4.69) is 5.32 Å². The van der Waals surface area contributed by atoms with E-state index in [1.165, 1.54) is 16.4 Å². The number of aryl methyl sites for hydroxylation is 1. The number of carbonyl (C=O) groups is 1. The SMILES string of the molecule is Cc1ccc2nc(-c3ccccc3)c(NC(=O)[C@H]3CCCN3S(=O)(=O)c3ccc(F)cc3)n2c1. The molecule has 3 heterocycles. The summed E-state index contributed by atoms with van der Waals surface area (Å²) in [6.07, 6.45) is 2.82. The Hall–Kier alpha value is -3.56. The topological polar surface area (TPSA) is 83.8 Å². The average Bonchev–Trinajstić information content (AvgIpc) is 3.46. The summed E-state index contributed by atoms with van der Waals surface area (Å²) in [4.78, 5) is 18.1. The maximum Gasteiger partial charge on any atom is 0.244 e. The van der Waals surface area contributed by atoms with Crippen molar-refractivity contribution in [2.75, 3.05) is 11.9 Å². The van der Waals surface area contributed by atoms with Crippen molar-refractivity contribution in [3.63, 3.8) is 0 Å². The summed E-state index contributed by atoms with van der Waals surface area (Å²) in [5, 5.41) is 2.96. The van der Waals surface area contributed by atoms with E-state index in [0.717, 1.165) is 23.3 Å². The van der Waals surface area contributed by atoms with Gasteiger partial charge in [0.05, 0.1) is 4.90 Å². The van der Waals surface area contributed by atoms with Gasteiger partial charge in [-0.15, -0.1) is 0 Å². The maximum absolute atomic E-state index is 13.4. The molecule has 0 unspecified atom stereocenters. The first-order valence-corrected chi connectivity index (χ1v) is 12.4. The van der Waals surface area contributed by atoms with Crippen LogP contribution in [0, 0.1) is 12.7 Å². The second-order valence-electron chi connectivity index (χ2n) is 8.33. The first-order valence-electron chi connectivity index (χ1n) is 11.0. The lowest BCUT2D eigenvalue weighted by Crippen LogP contribution is -2.43. The van der Waals surface area contributed by atoms with E-state index < -0.39 is 27.8 Å². The number of carbonyl (C=O) groups excluding carboxylic acids is 1. The third kappa shape index (κ3) is 3.97. The Morgan fingerprint density at radius 3 is 2.53 bits per heavy atom. The van der Waals surface area contributed by atoms with Gasteiger partial charge in [-0.2, -0.15) is 4.31 Å². The van der Waals surface area contributed by atoms with E-state index in [4.69, 9.17) is 4.98 Å². The standard InChI is InChI=1S/C25H23FN4O3S/c1-17-9-14-22-27-23(18-6-3-2-4-7-18)24(29(22)16-17)28-25(31)21-8-5-15-30(21)34(32,33)20-12-10-19(26)11-13-20/h2-4,6-7,9-14,16,21H,5,8,15H2,1H3,(H,28,31)/t21-/m1/s1. The zero-order valence-corrected chi connectivity index (χ0v) is 19.3. The second-order valence-corrected chi connectivity index (χ2v) is 10.2. The summed E-state index contributed by atoms with van der Waals surface area (Å²) in [6.45, 7) is 2.16. The minimum absolute atomic E-state index is 0.0380. The minimum Gasteiger partial charge on any atom is -0.309 e. The molecule has 5 rings (SSSR count). The molecule has 1 fully saturated rings. The Balaban J connectivity index is 1.51. The number of halogens is 1. The quantitative estimate of drug-likeness (QED) is 0.465. The van der Waals surface area contributed by atoms with Gasteiger partial charge in [0, 0.05) is 18.3 Å². The third-order valence-electron chi connectivity index (χ3n) is 5.98. The van der Waals surface area contributed by atoms with E-state index in [1.807, 2.05) is 60.0 Å². The fourth-order valence-electron chi connectivity index (χ4n) is 4.30. The monoisotopic (exact) mass is 478 g/mol. The van der Waals surface area contributed by atoms with Gasteiger partial charge < -0.3 is 5.32 Å². The Morgan fingerprint density at radius 2 is 1.79 bits per heavy atom. The number of hydrogen-bond acceptors (Lipinski definition) is 4. The number of benzene rings is 2. The van der Waals surface area contributed by atoms with Gasteiger partial charge in [0.25, 0.3) is 0 Å². The van der Waals surface area contributed by atoms with Crippen LogP contribution < -0.4 is 5.32 Å². The molecule has 0 spiro atoms. The summed E-state index contributed by atoms with van der Waals surface area (Å²) in [6, 6.07) is 17.1. The van der Waals surface area contributed by atoms with Crippen molar-refractivity contribution in [3.05, 3.63) is 84.3 Å². The van der Waals surface area contributed by atoms with Crippen molar-refractivity contribution in [1.82, 2.24) is 13.7 Å². The lowest BCUT2D eigenvalue weighted by atomic mass is 10.1. The Bertz CT molecular complexity index is 1470. The van der Waals surface area contributed by atoms with Gasteiger partial charge in [-0.05, 0) is 55.7 Å². The number of nitrogens with one attached hydrogen (secondary N) is 1. The number of rotatable bonds is 5. The number of amides is 1. The van der Waals surface area contributed by atoms with Crippen molar-refractivity contribution >= 4 is 27.4 Å². The van der Waals surface area contributed by atoms with Crippen molar-refractivity contribution in [2.24, 2.45) is 0 Å². The van der Waals surface area contributed by atoms with E-state index in [9.17, 15) is 17.6 Å². The average molecular weight is 479 g/mol. The lowest BCUT2D eigenvalue weighted by Gasteiger charge is -2.23. The Labute approximate surface area is 196 Å². The molecule has 1 saturated heterocycles. The van der Waals surface area contributed by atoms with E-state index in [1.54, 1.807) is 0 Å². The normalized spacial score (nSPS) is 16.7. The largest absolute Gasteiger partial charge is 0.309 e. The highest BCUT2D eigenvalue weighted by Crippen LogP contribution is 2.31. The van der Waals surface area contributed by atoms with Gasteiger partial charge in [0.2, 0.25) is 15.9 Å². The van der Waals surface area contributed by atoms with Gasteiger partial charge >= 0.3 is 0 Å². The lowest BCUT2D eigenvalue weighted by molar-refractivity contribution is -0.119. The second kappa shape index (κ2) is 8.66. The molecule has 2 aromatic carbocycles. The summed E-state index contributed by atoms with van der Waals surface area (Å²) in [5.41, 5.74) is 3.09. The van der Waals surface area contributed by atoms with E-state index in [0.29, 0.717) is 30.0 Å². The highest BCUT2D eigenvalue weighted by Gasteiger charge is 2.40. The molecular formula is C25H23FN4O3S. The summed E-state index contributed by atoms with van der Waals surface area (Å²) in [5.74, 6) is -0.462. The zero-order valence-electron chi connectivity index (χ0n) is 18.5. The number of nitrogens with zero attached hydrogens (tertiary/aromatic N) is 3. The molecule has 0 aliphatic carbocycles. The van der Waals surface area contributed by atoms with Gasteiger partial charge in [0.1, 0.15) is 29.0 Å². The number of anilines is 1. The van der Waals surface area contributed by atoms with E-state index in [-0.39, 0.29) is 11.4 Å². The molecule has 1 N–H and O–H groups in total. The van der Waals surface area contributed by atoms with Crippen LogP contribution in [0.2, 0.25) is 0 Å². The van der Waals surface area contributed by atoms with Crippen molar-refractivity contribution in [1.29, 1.82) is 0 Å². The molecule has 1 aliphatic rings. The fourth-order valence-corrected chi connectivity index (χ4v) is 5.96. The van der Waals surface area contributed by atoms with Crippen LogP contribution in [0.4, 0.5) is 10.2 Å². The van der Waals surface area contributed by atoms with Crippen LogP contribution in [0.25, 0.3) is 16.9 Å². The van der Waals surface area contributed by atoms with Crippen LogP contribution in [0.3, 0.4) is 0 Å². The number of imidazole rings is 1. The first kappa shape index (κ1) is 22.2. The van der Waals surface area contributed by atoms with Crippen LogP contribution in [-0.2, 0) is 14.8 Å². The zero-order chi connectivity index (χ0) is 23.9. The van der Waals surface area contributed by atoms with Gasteiger partial charge in [-0.3, -0.25) is 9.20 Å². The van der Waals surface area contributed by atoms with Crippen molar-refractivity contribution in [2.45, 2.75) is 30.7 Å². The Kier molecular flexibility index (Phi) is 5.66.